The number of sulfonamides is 1. The zero-order chi connectivity index (χ0) is 12.3. The van der Waals surface area contributed by atoms with Gasteiger partial charge in [0, 0.05) is 0 Å². The van der Waals surface area contributed by atoms with Gasteiger partial charge >= 0.3 is 0 Å². The average molecular weight is 252 g/mol. The highest BCUT2D eigenvalue weighted by atomic mass is 32.2. The van der Waals surface area contributed by atoms with Gasteiger partial charge in [-0.15, -0.1) is 0 Å². The van der Waals surface area contributed by atoms with E-state index >= 15 is 0 Å². The van der Waals surface area contributed by atoms with Gasteiger partial charge in [-0.2, -0.15) is 0 Å². The lowest BCUT2D eigenvalue weighted by Crippen LogP contribution is -2.42. The number of rotatable bonds is 5. The van der Waals surface area contributed by atoms with Crippen LogP contribution in [0, 0.1) is 5.41 Å². The van der Waals surface area contributed by atoms with E-state index < -0.39 is 16.1 Å². The molecule has 0 amide bonds. The topological polar surface area (TPSA) is 72.2 Å². The maximum atomic E-state index is 11.6. The lowest BCUT2D eigenvalue weighted by Gasteiger charge is -2.19. The molecular weight excluding hydrogens is 232 g/mol. The third kappa shape index (κ3) is 7.70. The van der Waals surface area contributed by atoms with Crippen molar-refractivity contribution in [3.63, 3.8) is 0 Å². The zero-order valence-corrected chi connectivity index (χ0v) is 11.3. The van der Waals surface area contributed by atoms with E-state index in [0.29, 0.717) is 6.42 Å². The van der Waals surface area contributed by atoms with E-state index in [1.54, 1.807) is 6.92 Å². The SMILES string of the molecule is CC(NS(=O)(=O)CCC(C)(C)C)C(N)=S. The molecule has 0 bridgehead atoms. The third-order valence-electron chi connectivity index (χ3n) is 1.90. The first-order chi connectivity index (χ1) is 6.53. The highest BCUT2D eigenvalue weighted by Gasteiger charge is 2.19. The second-order valence-electron chi connectivity index (χ2n) is 4.87. The van der Waals surface area contributed by atoms with Crippen LogP contribution in [0.1, 0.15) is 34.1 Å². The maximum Gasteiger partial charge on any atom is 0.212 e. The van der Waals surface area contributed by atoms with Crippen molar-refractivity contribution in [2.45, 2.75) is 40.2 Å². The van der Waals surface area contributed by atoms with Crippen LogP contribution in [-0.2, 0) is 10.0 Å². The average Bonchev–Trinajstić information content (AvgIpc) is 1.99. The molecule has 0 aliphatic carbocycles. The summed E-state index contributed by atoms with van der Waals surface area (Å²) in [5, 5.41) is 0. The van der Waals surface area contributed by atoms with E-state index in [1.807, 2.05) is 20.8 Å². The molecule has 1 atom stereocenters. The highest BCUT2D eigenvalue weighted by molar-refractivity contribution is 7.89. The molecule has 0 heterocycles. The summed E-state index contributed by atoms with van der Waals surface area (Å²) < 4.78 is 25.6. The van der Waals surface area contributed by atoms with Gasteiger partial charge in [-0.25, -0.2) is 13.1 Å². The van der Waals surface area contributed by atoms with E-state index in [0.717, 1.165) is 0 Å². The van der Waals surface area contributed by atoms with E-state index in [9.17, 15) is 8.42 Å². The summed E-state index contributed by atoms with van der Waals surface area (Å²) in [4.78, 5) is 0.161. The summed E-state index contributed by atoms with van der Waals surface area (Å²) in [7, 11) is -3.28. The summed E-state index contributed by atoms with van der Waals surface area (Å²) >= 11 is 4.69. The van der Waals surface area contributed by atoms with Gasteiger partial charge in [0.25, 0.3) is 0 Å². The first-order valence-electron chi connectivity index (χ1n) is 4.83. The molecule has 90 valence electrons. The van der Waals surface area contributed by atoms with Crippen LogP contribution in [0.4, 0.5) is 0 Å². The molecule has 4 nitrogen and oxygen atoms in total. The first-order valence-corrected chi connectivity index (χ1v) is 6.89. The van der Waals surface area contributed by atoms with Gasteiger partial charge in [0.1, 0.15) is 0 Å². The van der Waals surface area contributed by atoms with Gasteiger partial charge in [0.15, 0.2) is 0 Å². The Morgan fingerprint density at radius 1 is 1.47 bits per heavy atom. The van der Waals surface area contributed by atoms with Gasteiger partial charge in [0.05, 0.1) is 16.8 Å². The van der Waals surface area contributed by atoms with E-state index in [-0.39, 0.29) is 16.2 Å². The second kappa shape index (κ2) is 5.23. The molecule has 1 unspecified atom stereocenters. The molecule has 0 spiro atoms. The highest BCUT2D eigenvalue weighted by Crippen LogP contribution is 2.18. The maximum absolute atomic E-state index is 11.6. The molecule has 0 aromatic rings. The monoisotopic (exact) mass is 252 g/mol. The molecule has 6 heteroatoms. The minimum atomic E-state index is -3.28. The molecule has 0 rings (SSSR count). The Labute approximate surface area is 97.7 Å². The summed E-state index contributed by atoms with van der Waals surface area (Å²) in [6.07, 6.45) is 0.604. The Morgan fingerprint density at radius 3 is 2.27 bits per heavy atom. The van der Waals surface area contributed by atoms with Gasteiger partial charge in [-0.05, 0) is 18.8 Å². The molecule has 0 aromatic carbocycles. The zero-order valence-electron chi connectivity index (χ0n) is 9.70. The molecule has 0 aromatic heterocycles. The molecule has 0 fully saturated rings. The second-order valence-corrected chi connectivity index (χ2v) is 7.22. The molecule has 0 saturated carbocycles. The largest absolute Gasteiger partial charge is 0.392 e. The molecule has 15 heavy (non-hydrogen) atoms. The predicted molar refractivity (Wildman–Crippen MR) is 67.2 cm³/mol. The summed E-state index contributed by atoms with van der Waals surface area (Å²) in [6, 6.07) is -0.482. The number of nitrogens with two attached hydrogens (primary N) is 1. The summed E-state index contributed by atoms with van der Waals surface area (Å²) in [6.45, 7) is 7.63. The van der Waals surface area contributed by atoms with Crippen molar-refractivity contribution < 1.29 is 8.42 Å². The lowest BCUT2D eigenvalue weighted by atomic mass is 9.94. The normalized spacial score (nSPS) is 14.9. The van der Waals surface area contributed by atoms with Crippen LogP contribution in [-0.4, -0.2) is 25.2 Å². The number of hydrogen-bond donors (Lipinski definition) is 2. The predicted octanol–water partition coefficient (Wildman–Crippen LogP) is 1.02. The van der Waals surface area contributed by atoms with Crippen LogP contribution < -0.4 is 10.5 Å². The lowest BCUT2D eigenvalue weighted by molar-refractivity contribution is 0.396. The van der Waals surface area contributed by atoms with Crippen LogP contribution >= 0.6 is 12.2 Å². The van der Waals surface area contributed by atoms with Crippen LogP contribution in [0.2, 0.25) is 0 Å². The number of nitrogens with one attached hydrogen (secondary N) is 1. The molecular formula is C9H20N2O2S2. The van der Waals surface area contributed by atoms with E-state index in [2.05, 4.69) is 4.72 Å². The number of thiocarbonyl (C=S) groups is 1. The Bertz CT molecular complexity index is 317. The van der Waals surface area contributed by atoms with Crippen molar-refractivity contribution >= 4 is 27.2 Å². The fourth-order valence-corrected chi connectivity index (χ4v) is 2.63. The standard InChI is InChI=1S/C9H20N2O2S2/c1-7(8(10)14)11-15(12,13)6-5-9(2,3)4/h7,11H,5-6H2,1-4H3,(H2,10,14). The van der Waals surface area contributed by atoms with Crippen molar-refractivity contribution in [2.24, 2.45) is 11.1 Å². The molecule has 3 N–H and O–H groups in total. The number of hydrogen-bond acceptors (Lipinski definition) is 3. The van der Waals surface area contributed by atoms with E-state index in [1.165, 1.54) is 0 Å². The van der Waals surface area contributed by atoms with E-state index in [4.69, 9.17) is 18.0 Å². The smallest absolute Gasteiger partial charge is 0.212 e. The van der Waals surface area contributed by atoms with Gasteiger partial charge < -0.3 is 5.73 Å². The molecule has 0 radical (unpaired) electrons. The molecule has 0 aliphatic heterocycles. The summed E-state index contributed by atoms with van der Waals surface area (Å²) in [5.74, 6) is 0.101. The van der Waals surface area contributed by atoms with Crippen molar-refractivity contribution in [2.75, 3.05) is 5.75 Å². The van der Waals surface area contributed by atoms with Crippen LogP contribution in [0.3, 0.4) is 0 Å². The van der Waals surface area contributed by atoms with Gasteiger partial charge in [0.2, 0.25) is 10.0 Å². The van der Waals surface area contributed by atoms with Crippen LogP contribution in [0.25, 0.3) is 0 Å². The van der Waals surface area contributed by atoms with Crippen molar-refractivity contribution in [1.29, 1.82) is 0 Å². The Hall–Kier alpha value is -0.200. The van der Waals surface area contributed by atoms with Crippen LogP contribution in [0.5, 0.6) is 0 Å². The quantitative estimate of drug-likeness (QED) is 0.717. The van der Waals surface area contributed by atoms with Crippen molar-refractivity contribution in [3.8, 4) is 0 Å². The minimum absolute atomic E-state index is 0.00120. The fourth-order valence-electron chi connectivity index (χ4n) is 0.827. The third-order valence-corrected chi connectivity index (χ3v) is 3.71. The summed E-state index contributed by atoms with van der Waals surface area (Å²) in [5.41, 5.74) is 5.33. The minimum Gasteiger partial charge on any atom is -0.392 e. The van der Waals surface area contributed by atoms with Crippen molar-refractivity contribution in [3.05, 3.63) is 0 Å². The Kier molecular flexibility index (Phi) is 5.16. The van der Waals surface area contributed by atoms with Gasteiger partial charge in [-0.3, -0.25) is 0 Å². The first kappa shape index (κ1) is 14.8. The van der Waals surface area contributed by atoms with Crippen LogP contribution in [0.15, 0.2) is 0 Å². The van der Waals surface area contributed by atoms with Gasteiger partial charge in [-0.1, -0.05) is 33.0 Å². The Morgan fingerprint density at radius 2 is 1.93 bits per heavy atom. The van der Waals surface area contributed by atoms with Crippen molar-refractivity contribution in [1.82, 2.24) is 4.72 Å². The Balaban J connectivity index is 4.27. The molecule has 0 saturated heterocycles. The molecule has 0 aliphatic rings. The fraction of sp³-hybridized carbons (Fsp3) is 0.889.